The minimum atomic E-state index is 0.117. The van der Waals surface area contributed by atoms with E-state index < -0.39 is 0 Å². The first-order valence-electron chi connectivity index (χ1n) is 10.4. The molecule has 0 radical (unpaired) electrons. The van der Waals surface area contributed by atoms with Crippen LogP contribution < -0.4 is 9.80 Å². The van der Waals surface area contributed by atoms with E-state index in [1.807, 2.05) is 43.0 Å². The Hall–Kier alpha value is -2.67. The highest BCUT2D eigenvalue weighted by molar-refractivity contribution is 5.95. The molecule has 0 aliphatic carbocycles. The maximum Gasteiger partial charge on any atom is 0.254 e. The second-order valence-electron chi connectivity index (χ2n) is 8.05. The number of hydrogen-bond acceptors (Lipinski definition) is 6. The average Bonchev–Trinajstić information content (AvgIpc) is 2.74. The van der Waals surface area contributed by atoms with E-state index in [9.17, 15) is 4.79 Å². The molecule has 154 valence electrons. The monoisotopic (exact) mass is 394 g/mol. The number of nitrogens with zero attached hydrogens (tertiary/aromatic N) is 6. The molecule has 7 heteroatoms. The summed E-state index contributed by atoms with van der Waals surface area (Å²) in [5.41, 5.74) is 2.81. The number of amides is 1. The van der Waals surface area contributed by atoms with Gasteiger partial charge in [0, 0.05) is 69.7 Å². The summed E-state index contributed by atoms with van der Waals surface area (Å²) in [6.07, 6.45) is 0. The van der Waals surface area contributed by atoms with Crippen molar-refractivity contribution in [2.24, 2.45) is 0 Å². The van der Waals surface area contributed by atoms with Gasteiger partial charge < -0.3 is 19.6 Å². The number of carbonyl (C=O) groups excluding carboxylic acids is 1. The van der Waals surface area contributed by atoms with E-state index >= 15 is 0 Å². The summed E-state index contributed by atoms with van der Waals surface area (Å²) >= 11 is 0. The molecule has 0 N–H and O–H groups in total. The lowest BCUT2D eigenvalue weighted by atomic mass is 10.1. The molecule has 1 aromatic carbocycles. The van der Waals surface area contributed by atoms with E-state index in [0.29, 0.717) is 13.1 Å². The van der Waals surface area contributed by atoms with Gasteiger partial charge in [0.05, 0.1) is 0 Å². The Morgan fingerprint density at radius 1 is 0.862 bits per heavy atom. The van der Waals surface area contributed by atoms with Crippen LogP contribution in [0.5, 0.6) is 0 Å². The van der Waals surface area contributed by atoms with Crippen LogP contribution >= 0.6 is 0 Å². The molecule has 29 heavy (non-hydrogen) atoms. The highest BCUT2D eigenvalue weighted by Gasteiger charge is 2.25. The van der Waals surface area contributed by atoms with Gasteiger partial charge >= 0.3 is 0 Å². The van der Waals surface area contributed by atoms with Crippen molar-refractivity contribution in [2.75, 3.05) is 69.2 Å². The van der Waals surface area contributed by atoms with Gasteiger partial charge in [-0.05, 0) is 32.5 Å². The molecule has 2 aliphatic rings. The van der Waals surface area contributed by atoms with Gasteiger partial charge in [0.15, 0.2) is 0 Å². The minimum Gasteiger partial charge on any atom is -0.354 e. The van der Waals surface area contributed by atoms with E-state index in [-0.39, 0.29) is 5.91 Å². The van der Waals surface area contributed by atoms with Crippen molar-refractivity contribution >= 4 is 17.7 Å². The van der Waals surface area contributed by atoms with Crippen molar-refractivity contribution in [1.82, 2.24) is 19.8 Å². The van der Waals surface area contributed by atoms with E-state index in [1.165, 1.54) is 0 Å². The van der Waals surface area contributed by atoms with Gasteiger partial charge in [-0.1, -0.05) is 18.2 Å². The maximum atomic E-state index is 12.9. The van der Waals surface area contributed by atoms with Gasteiger partial charge in [-0.3, -0.25) is 4.79 Å². The largest absolute Gasteiger partial charge is 0.354 e. The zero-order valence-electron chi connectivity index (χ0n) is 17.6. The zero-order chi connectivity index (χ0) is 20.4. The third kappa shape index (κ3) is 4.34. The third-order valence-electron chi connectivity index (χ3n) is 5.88. The van der Waals surface area contributed by atoms with Crippen LogP contribution in [-0.2, 0) is 0 Å². The highest BCUT2D eigenvalue weighted by atomic mass is 16.2. The molecule has 1 amide bonds. The number of likely N-dealkylation sites (N-methyl/N-ethyl adjacent to an activating group) is 1. The lowest BCUT2D eigenvalue weighted by Crippen LogP contribution is -2.49. The minimum absolute atomic E-state index is 0.117. The van der Waals surface area contributed by atoms with Crippen LogP contribution in [0.4, 0.5) is 11.8 Å². The Bertz CT molecular complexity index is 869. The van der Waals surface area contributed by atoms with Crippen molar-refractivity contribution in [3.05, 3.63) is 47.2 Å². The number of piperazine rings is 2. The highest BCUT2D eigenvalue weighted by Crippen LogP contribution is 2.21. The number of benzene rings is 1. The Balaban J connectivity index is 1.43. The molecule has 2 aliphatic heterocycles. The SMILES string of the molecule is Cc1cc(N2CCN(C)CC2)nc(N2CCN(C(=O)c3ccccc3C)CC2)n1. The number of hydrogen-bond donors (Lipinski definition) is 0. The van der Waals surface area contributed by atoms with Crippen LogP contribution in [0.2, 0.25) is 0 Å². The summed E-state index contributed by atoms with van der Waals surface area (Å²) in [6.45, 7) is 11.0. The average molecular weight is 395 g/mol. The molecule has 2 saturated heterocycles. The fraction of sp³-hybridized carbons (Fsp3) is 0.500. The number of aromatic nitrogens is 2. The maximum absolute atomic E-state index is 12.9. The van der Waals surface area contributed by atoms with Crippen LogP contribution in [0, 0.1) is 13.8 Å². The second-order valence-corrected chi connectivity index (χ2v) is 8.05. The summed E-state index contributed by atoms with van der Waals surface area (Å²) in [5.74, 6) is 1.91. The Morgan fingerprint density at radius 2 is 1.52 bits per heavy atom. The molecule has 7 nitrogen and oxygen atoms in total. The fourth-order valence-corrected chi connectivity index (χ4v) is 3.97. The molecule has 3 heterocycles. The van der Waals surface area contributed by atoms with Gasteiger partial charge in [0.2, 0.25) is 5.95 Å². The summed E-state index contributed by atoms with van der Waals surface area (Å²) < 4.78 is 0. The first-order chi connectivity index (χ1) is 14.0. The van der Waals surface area contributed by atoms with Gasteiger partial charge in [-0.2, -0.15) is 4.98 Å². The normalized spacial score (nSPS) is 18.2. The Labute approximate surface area is 172 Å². The van der Waals surface area contributed by atoms with Crippen LogP contribution in [-0.4, -0.2) is 85.1 Å². The lowest BCUT2D eigenvalue weighted by molar-refractivity contribution is 0.0745. The van der Waals surface area contributed by atoms with Crippen molar-refractivity contribution in [2.45, 2.75) is 13.8 Å². The third-order valence-corrected chi connectivity index (χ3v) is 5.88. The molecule has 0 saturated carbocycles. The van der Waals surface area contributed by atoms with Crippen molar-refractivity contribution in [1.29, 1.82) is 0 Å². The zero-order valence-corrected chi connectivity index (χ0v) is 17.6. The molecular weight excluding hydrogens is 364 g/mol. The Kier molecular flexibility index (Phi) is 5.67. The van der Waals surface area contributed by atoms with Crippen molar-refractivity contribution in [3.8, 4) is 0 Å². The van der Waals surface area contributed by atoms with E-state index in [4.69, 9.17) is 4.98 Å². The fourth-order valence-electron chi connectivity index (χ4n) is 3.97. The number of rotatable bonds is 3. The van der Waals surface area contributed by atoms with Gasteiger partial charge in [-0.25, -0.2) is 4.98 Å². The summed E-state index contributed by atoms with van der Waals surface area (Å²) in [4.78, 5) is 31.3. The molecule has 1 aromatic heterocycles. The quantitative estimate of drug-likeness (QED) is 0.791. The van der Waals surface area contributed by atoms with E-state index in [0.717, 1.165) is 67.9 Å². The molecular formula is C22H30N6O. The van der Waals surface area contributed by atoms with E-state index in [2.05, 4.69) is 32.8 Å². The smallest absolute Gasteiger partial charge is 0.254 e. The molecule has 2 fully saturated rings. The molecule has 2 aromatic rings. The predicted molar refractivity (Wildman–Crippen MR) is 116 cm³/mol. The summed E-state index contributed by atoms with van der Waals surface area (Å²) in [5, 5.41) is 0. The van der Waals surface area contributed by atoms with Gasteiger partial charge in [-0.15, -0.1) is 0 Å². The second kappa shape index (κ2) is 8.37. The summed E-state index contributed by atoms with van der Waals surface area (Å²) in [7, 11) is 2.16. The molecule has 0 spiro atoms. The van der Waals surface area contributed by atoms with E-state index in [1.54, 1.807) is 0 Å². The van der Waals surface area contributed by atoms with Crippen LogP contribution in [0.15, 0.2) is 30.3 Å². The lowest BCUT2D eigenvalue weighted by Gasteiger charge is -2.36. The molecule has 4 rings (SSSR count). The van der Waals surface area contributed by atoms with Crippen molar-refractivity contribution < 1.29 is 4.79 Å². The topological polar surface area (TPSA) is 55.8 Å². The first kappa shape index (κ1) is 19.6. The van der Waals surface area contributed by atoms with Gasteiger partial charge in [0.25, 0.3) is 5.91 Å². The summed E-state index contributed by atoms with van der Waals surface area (Å²) in [6, 6.07) is 9.88. The standard InChI is InChI=1S/C22H30N6O/c1-17-6-4-5-7-19(17)21(29)27-12-14-28(15-13-27)22-23-18(2)16-20(24-22)26-10-8-25(3)9-11-26/h4-7,16H,8-15H2,1-3H3. The van der Waals surface area contributed by atoms with Crippen molar-refractivity contribution in [3.63, 3.8) is 0 Å². The van der Waals surface area contributed by atoms with Crippen LogP contribution in [0.3, 0.4) is 0 Å². The molecule has 0 bridgehead atoms. The molecule has 0 unspecified atom stereocenters. The van der Waals surface area contributed by atoms with Crippen LogP contribution in [0.25, 0.3) is 0 Å². The predicted octanol–water partition coefficient (Wildman–Crippen LogP) is 1.81. The number of aryl methyl sites for hydroxylation is 2. The number of anilines is 2. The first-order valence-corrected chi connectivity index (χ1v) is 10.4. The Morgan fingerprint density at radius 3 is 2.21 bits per heavy atom. The molecule has 0 atom stereocenters. The van der Waals surface area contributed by atoms with Crippen LogP contribution in [0.1, 0.15) is 21.6 Å². The number of carbonyl (C=O) groups is 1. The van der Waals surface area contributed by atoms with Gasteiger partial charge in [0.1, 0.15) is 5.82 Å².